The van der Waals surface area contributed by atoms with Crippen molar-refractivity contribution in [2.24, 2.45) is 0 Å². The number of hydrogen-bond donors (Lipinski definition) is 0. The van der Waals surface area contributed by atoms with Crippen molar-refractivity contribution in [1.29, 1.82) is 0 Å². The summed E-state index contributed by atoms with van der Waals surface area (Å²) in [6, 6.07) is 21.3. The molecule has 0 aromatic heterocycles. The van der Waals surface area contributed by atoms with Gasteiger partial charge in [-0.15, -0.1) is 6.58 Å². The van der Waals surface area contributed by atoms with E-state index in [0.29, 0.717) is 23.5 Å². The summed E-state index contributed by atoms with van der Waals surface area (Å²) < 4.78 is 16.5. The molecular formula is C29H28O4. The van der Waals surface area contributed by atoms with Gasteiger partial charge in [-0.3, -0.25) is 4.79 Å². The third kappa shape index (κ3) is 4.29. The summed E-state index contributed by atoms with van der Waals surface area (Å²) in [5.41, 5.74) is 4.75. The number of benzene rings is 3. The number of fused-ring (bicyclic) bond motifs is 1. The van der Waals surface area contributed by atoms with Gasteiger partial charge >= 0.3 is 0 Å². The second-order valence-corrected chi connectivity index (χ2v) is 8.01. The maximum atomic E-state index is 14.0. The molecule has 1 aliphatic carbocycles. The van der Waals surface area contributed by atoms with Gasteiger partial charge < -0.3 is 14.2 Å². The number of allylic oxidation sites excluding steroid dienone is 2. The number of Topliss-reactive ketones (excluding diaryl/α,β-unsaturated/α-hetero) is 1. The van der Waals surface area contributed by atoms with Crippen molar-refractivity contribution in [1.82, 2.24) is 0 Å². The lowest BCUT2D eigenvalue weighted by Crippen LogP contribution is -2.26. The van der Waals surface area contributed by atoms with Crippen molar-refractivity contribution < 1.29 is 19.0 Å². The molecule has 0 unspecified atom stereocenters. The molecule has 3 aromatic rings. The molecule has 4 nitrogen and oxygen atoms in total. The molecule has 0 heterocycles. The molecule has 0 spiro atoms. The zero-order valence-corrected chi connectivity index (χ0v) is 19.2. The van der Waals surface area contributed by atoms with Crippen LogP contribution in [-0.4, -0.2) is 27.1 Å². The maximum Gasteiger partial charge on any atom is 0.171 e. The first-order valence-electron chi connectivity index (χ1n) is 10.9. The van der Waals surface area contributed by atoms with E-state index in [1.165, 1.54) is 0 Å². The number of carbonyl (C=O) groups is 1. The zero-order chi connectivity index (χ0) is 23.4. The van der Waals surface area contributed by atoms with Gasteiger partial charge in [0.25, 0.3) is 0 Å². The Hall–Kier alpha value is -3.79. The zero-order valence-electron chi connectivity index (χ0n) is 19.2. The summed E-state index contributed by atoms with van der Waals surface area (Å²) in [4.78, 5) is 14.0. The minimum absolute atomic E-state index is 0.0690. The van der Waals surface area contributed by atoms with Crippen LogP contribution in [0.2, 0.25) is 0 Å². The fourth-order valence-corrected chi connectivity index (χ4v) is 4.63. The van der Waals surface area contributed by atoms with Crippen molar-refractivity contribution in [2.45, 2.75) is 18.3 Å². The van der Waals surface area contributed by atoms with Gasteiger partial charge in [0.1, 0.15) is 5.75 Å². The highest BCUT2D eigenvalue weighted by atomic mass is 16.5. The minimum atomic E-state index is -0.421. The Balaban J connectivity index is 1.96. The lowest BCUT2D eigenvalue weighted by Gasteiger charge is -2.34. The number of ether oxygens (including phenoxy) is 3. The highest BCUT2D eigenvalue weighted by Gasteiger charge is 2.38. The van der Waals surface area contributed by atoms with Crippen LogP contribution in [-0.2, 0) is 0 Å². The molecule has 0 aliphatic heterocycles. The molecule has 2 atom stereocenters. The van der Waals surface area contributed by atoms with Gasteiger partial charge in [0.2, 0.25) is 0 Å². The summed E-state index contributed by atoms with van der Waals surface area (Å²) in [7, 11) is 4.88. The van der Waals surface area contributed by atoms with Gasteiger partial charge in [0.15, 0.2) is 17.3 Å². The van der Waals surface area contributed by atoms with Crippen LogP contribution >= 0.6 is 0 Å². The SMILES string of the molecule is C=CCC1=Cc2cc(OC)c(OC)cc2[C@@H](C(=O)c2ccccc2)[C@@H]1c1ccc(OC)cc1. The van der Waals surface area contributed by atoms with Crippen molar-refractivity contribution in [2.75, 3.05) is 21.3 Å². The average Bonchev–Trinajstić information content (AvgIpc) is 2.87. The Labute approximate surface area is 195 Å². The highest BCUT2D eigenvalue weighted by Crippen LogP contribution is 2.50. The molecule has 4 rings (SSSR count). The molecule has 168 valence electrons. The van der Waals surface area contributed by atoms with Crippen LogP contribution in [0.1, 0.15) is 45.3 Å². The maximum absolute atomic E-state index is 14.0. The van der Waals surface area contributed by atoms with E-state index in [0.717, 1.165) is 28.0 Å². The van der Waals surface area contributed by atoms with Gasteiger partial charge in [-0.25, -0.2) is 0 Å². The lowest BCUT2D eigenvalue weighted by atomic mass is 9.68. The monoisotopic (exact) mass is 440 g/mol. The van der Waals surface area contributed by atoms with E-state index in [9.17, 15) is 4.79 Å². The number of methoxy groups -OCH3 is 3. The molecule has 0 N–H and O–H groups in total. The molecule has 0 saturated heterocycles. The topological polar surface area (TPSA) is 44.8 Å². The molecule has 4 heteroatoms. The highest BCUT2D eigenvalue weighted by molar-refractivity contribution is 6.03. The van der Waals surface area contributed by atoms with Gasteiger partial charge in [-0.1, -0.05) is 60.2 Å². The lowest BCUT2D eigenvalue weighted by molar-refractivity contribution is 0.0950. The fourth-order valence-electron chi connectivity index (χ4n) is 4.63. The van der Waals surface area contributed by atoms with E-state index >= 15 is 0 Å². The molecule has 0 amide bonds. The van der Waals surface area contributed by atoms with E-state index in [2.05, 4.69) is 12.7 Å². The fraction of sp³-hybridized carbons (Fsp3) is 0.207. The van der Waals surface area contributed by atoms with E-state index < -0.39 is 5.92 Å². The number of rotatable bonds is 8. The van der Waals surface area contributed by atoms with Crippen LogP contribution in [0.5, 0.6) is 17.2 Å². The van der Waals surface area contributed by atoms with E-state index in [4.69, 9.17) is 14.2 Å². The molecule has 0 radical (unpaired) electrons. The van der Waals surface area contributed by atoms with Crippen molar-refractivity contribution in [3.05, 3.63) is 107 Å². The largest absolute Gasteiger partial charge is 0.497 e. The number of carbonyl (C=O) groups excluding carboxylic acids is 1. The van der Waals surface area contributed by atoms with Crippen LogP contribution < -0.4 is 14.2 Å². The molecule has 1 aliphatic rings. The first kappa shape index (κ1) is 22.4. The van der Waals surface area contributed by atoms with Crippen LogP contribution in [0.4, 0.5) is 0 Å². The third-order valence-corrected chi connectivity index (χ3v) is 6.19. The average molecular weight is 441 g/mol. The quantitative estimate of drug-likeness (QED) is 0.299. The first-order chi connectivity index (χ1) is 16.1. The van der Waals surface area contributed by atoms with Crippen LogP contribution in [0.25, 0.3) is 6.08 Å². The third-order valence-electron chi connectivity index (χ3n) is 6.19. The first-order valence-corrected chi connectivity index (χ1v) is 10.9. The minimum Gasteiger partial charge on any atom is -0.497 e. The van der Waals surface area contributed by atoms with Gasteiger partial charge in [0, 0.05) is 11.5 Å². The van der Waals surface area contributed by atoms with Crippen molar-refractivity contribution >= 4 is 11.9 Å². The molecule has 0 saturated carbocycles. The van der Waals surface area contributed by atoms with Crippen molar-refractivity contribution in [3.63, 3.8) is 0 Å². The van der Waals surface area contributed by atoms with Crippen molar-refractivity contribution in [3.8, 4) is 17.2 Å². The molecule has 3 aromatic carbocycles. The van der Waals surface area contributed by atoms with Crippen LogP contribution in [0, 0.1) is 0 Å². The summed E-state index contributed by atoms with van der Waals surface area (Å²) >= 11 is 0. The summed E-state index contributed by atoms with van der Waals surface area (Å²) in [5.74, 6) is 1.53. The van der Waals surface area contributed by atoms with Gasteiger partial charge in [0.05, 0.1) is 27.2 Å². The predicted molar refractivity (Wildman–Crippen MR) is 132 cm³/mol. The van der Waals surface area contributed by atoms with Crippen LogP contribution in [0.3, 0.4) is 0 Å². The Bertz CT molecular complexity index is 1180. The Morgan fingerprint density at radius 2 is 1.58 bits per heavy atom. The molecule has 0 fully saturated rings. The summed E-state index contributed by atoms with van der Waals surface area (Å²) in [6.07, 6.45) is 4.71. The van der Waals surface area contributed by atoms with E-state index in [-0.39, 0.29) is 11.7 Å². The van der Waals surface area contributed by atoms with Gasteiger partial charge in [-0.05, 0) is 47.4 Å². The molecule has 33 heavy (non-hydrogen) atoms. The van der Waals surface area contributed by atoms with Crippen LogP contribution in [0.15, 0.2) is 85.0 Å². The Morgan fingerprint density at radius 3 is 2.18 bits per heavy atom. The molecule has 0 bridgehead atoms. The number of ketones is 1. The standard InChI is InChI=1S/C29H28O4/c1-5-9-21-16-22-17-25(32-3)26(33-4)18-24(22)28(29(30)20-10-7-6-8-11-20)27(21)19-12-14-23(31-2)15-13-19/h5-8,10-18,27-28H,1,9H2,2-4H3/t27-,28-/m1/s1. The second-order valence-electron chi connectivity index (χ2n) is 8.01. The summed E-state index contributed by atoms with van der Waals surface area (Å²) in [5, 5.41) is 0. The number of hydrogen-bond acceptors (Lipinski definition) is 4. The Kier molecular flexibility index (Phi) is 6.64. The second kappa shape index (κ2) is 9.78. The Morgan fingerprint density at radius 1 is 0.909 bits per heavy atom. The normalized spacial score (nSPS) is 16.9. The van der Waals surface area contributed by atoms with E-state index in [1.807, 2.05) is 72.8 Å². The molecular weight excluding hydrogens is 412 g/mol. The van der Waals surface area contributed by atoms with Gasteiger partial charge in [-0.2, -0.15) is 0 Å². The summed E-state index contributed by atoms with van der Waals surface area (Å²) in [6.45, 7) is 3.96. The van der Waals surface area contributed by atoms with E-state index in [1.54, 1.807) is 21.3 Å². The smallest absolute Gasteiger partial charge is 0.171 e. The predicted octanol–water partition coefficient (Wildman–Crippen LogP) is 6.44.